The van der Waals surface area contributed by atoms with Crippen LogP contribution in [0.2, 0.25) is 5.02 Å². The summed E-state index contributed by atoms with van der Waals surface area (Å²) in [5.74, 6) is -0.672. The van der Waals surface area contributed by atoms with Crippen LogP contribution in [0.3, 0.4) is 0 Å². The fourth-order valence-corrected chi connectivity index (χ4v) is 1.85. The van der Waals surface area contributed by atoms with Gasteiger partial charge in [0.2, 0.25) is 5.89 Å². The fraction of sp³-hybridized carbons (Fsp3) is 0.182. The molecule has 0 aliphatic rings. The third kappa shape index (κ3) is 2.54. The minimum Gasteiger partial charge on any atom is -0.459 e. The summed E-state index contributed by atoms with van der Waals surface area (Å²) in [6, 6.07) is 5.28. The van der Waals surface area contributed by atoms with Crippen molar-refractivity contribution in [2.45, 2.75) is 6.92 Å². The van der Waals surface area contributed by atoms with Gasteiger partial charge in [-0.3, -0.25) is 0 Å². The van der Waals surface area contributed by atoms with Crippen molar-refractivity contribution < 1.29 is 13.9 Å². The van der Waals surface area contributed by atoms with E-state index in [-0.39, 0.29) is 18.4 Å². The van der Waals surface area contributed by atoms with Crippen LogP contribution in [0, 0.1) is 0 Å². The summed E-state index contributed by atoms with van der Waals surface area (Å²) in [7, 11) is 0. The first-order chi connectivity index (χ1) is 8.63. The normalized spacial score (nSPS) is 10.4. The van der Waals surface area contributed by atoms with E-state index in [9.17, 15) is 4.79 Å². The molecule has 0 saturated heterocycles. The molecule has 0 spiro atoms. The van der Waals surface area contributed by atoms with Crippen LogP contribution in [0.4, 0.5) is 0 Å². The van der Waals surface area contributed by atoms with Gasteiger partial charge in [-0.2, -0.15) is 0 Å². The highest BCUT2D eigenvalue weighted by atomic mass is 79.9. The molecule has 0 amide bonds. The van der Waals surface area contributed by atoms with Crippen molar-refractivity contribution in [2.75, 3.05) is 6.61 Å². The highest BCUT2D eigenvalue weighted by Gasteiger charge is 2.18. The molecule has 0 fully saturated rings. The Balaban J connectivity index is 2.35. The fourth-order valence-electron chi connectivity index (χ4n) is 1.28. The van der Waals surface area contributed by atoms with E-state index in [0.29, 0.717) is 15.1 Å². The predicted molar refractivity (Wildman–Crippen MR) is 68.4 cm³/mol. The largest absolute Gasteiger partial charge is 0.459 e. The Morgan fingerprint density at radius 3 is 3.00 bits per heavy atom. The molecule has 2 rings (SSSR count). The molecule has 1 aromatic carbocycles. The molecule has 0 unspecified atom stereocenters. The number of carbonyl (C=O) groups excluding carboxylic acids is 1. The minimum absolute atomic E-state index is 0.171. The molecule has 0 aliphatic carbocycles. The maximum Gasteiger partial charge on any atom is 0.396 e. The van der Waals surface area contributed by atoms with E-state index in [1.165, 1.54) is 0 Å². The molecular formula is C11H8BrClN2O3. The van der Waals surface area contributed by atoms with Crippen LogP contribution < -0.4 is 0 Å². The molecule has 0 aliphatic heterocycles. The maximum atomic E-state index is 11.4. The first-order valence-corrected chi connectivity index (χ1v) is 6.25. The maximum absolute atomic E-state index is 11.4. The van der Waals surface area contributed by atoms with E-state index < -0.39 is 5.97 Å². The number of aromatic nitrogens is 2. The number of carbonyl (C=O) groups is 1. The zero-order chi connectivity index (χ0) is 13.1. The summed E-state index contributed by atoms with van der Waals surface area (Å²) in [5, 5.41) is 7.83. The predicted octanol–water partition coefficient (Wildman–Crippen LogP) is 3.33. The Morgan fingerprint density at radius 1 is 1.50 bits per heavy atom. The van der Waals surface area contributed by atoms with Gasteiger partial charge >= 0.3 is 11.9 Å². The Morgan fingerprint density at radius 2 is 2.28 bits per heavy atom. The average Bonchev–Trinajstić information content (AvgIpc) is 2.82. The summed E-state index contributed by atoms with van der Waals surface area (Å²) in [5.41, 5.74) is 0.550. The highest BCUT2D eigenvalue weighted by Crippen LogP contribution is 2.32. The number of benzene rings is 1. The van der Waals surface area contributed by atoms with Crippen molar-refractivity contribution in [1.29, 1.82) is 0 Å². The van der Waals surface area contributed by atoms with Gasteiger partial charge in [-0.25, -0.2) is 4.79 Å². The van der Waals surface area contributed by atoms with Crippen LogP contribution in [-0.2, 0) is 4.74 Å². The zero-order valence-corrected chi connectivity index (χ0v) is 11.7. The van der Waals surface area contributed by atoms with Crippen molar-refractivity contribution in [3.63, 3.8) is 0 Å². The number of halogens is 2. The van der Waals surface area contributed by atoms with Crippen molar-refractivity contribution in [3.8, 4) is 11.5 Å². The van der Waals surface area contributed by atoms with Crippen molar-refractivity contribution in [2.24, 2.45) is 0 Å². The lowest BCUT2D eigenvalue weighted by Crippen LogP contribution is -2.04. The summed E-state index contributed by atoms with van der Waals surface area (Å²) >= 11 is 9.38. The Kier molecular flexibility index (Phi) is 3.98. The van der Waals surface area contributed by atoms with E-state index in [0.717, 1.165) is 0 Å². The van der Waals surface area contributed by atoms with Crippen LogP contribution in [0.25, 0.3) is 11.5 Å². The second-order valence-corrected chi connectivity index (χ2v) is 4.47. The first kappa shape index (κ1) is 13.0. The minimum atomic E-state index is -0.651. The Labute approximate surface area is 116 Å². The molecule has 0 bridgehead atoms. The van der Waals surface area contributed by atoms with Gasteiger partial charge in [-0.15, -0.1) is 10.2 Å². The Bertz CT molecular complexity index is 585. The number of ether oxygens (including phenoxy) is 1. The SMILES string of the molecule is CCOC(=O)c1nnc(-c2cccc(Br)c2Cl)o1. The molecule has 5 nitrogen and oxygen atoms in total. The molecular weight excluding hydrogens is 323 g/mol. The number of esters is 1. The van der Waals surface area contributed by atoms with Gasteiger partial charge in [0.15, 0.2) is 0 Å². The van der Waals surface area contributed by atoms with Crippen LogP contribution in [0.5, 0.6) is 0 Å². The smallest absolute Gasteiger partial charge is 0.396 e. The van der Waals surface area contributed by atoms with Gasteiger partial charge in [0.1, 0.15) is 0 Å². The number of hydrogen-bond donors (Lipinski definition) is 0. The lowest BCUT2D eigenvalue weighted by atomic mass is 10.2. The van der Waals surface area contributed by atoms with Gasteiger partial charge in [0.25, 0.3) is 0 Å². The Hall–Kier alpha value is -1.40. The zero-order valence-electron chi connectivity index (χ0n) is 9.31. The average molecular weight is 332 g/mol. The van der Waals surface area contributed by atoms with Crippen molar-refractivity contribution in [3.05, 3.63) is 33.6 Å². The standard InChI is InChI=1S/C11H8BrClN2O3/c1-2-17-11(16)10-15-14-9(18-10)6-4-3-5-7(12)8(6)13/h3-5H,2H2,1H3. The lowest BCUT2D eigenvalue weighted by Gasteiger charge is -2.00. The molecule has 0 N–H and O–H groups in total. The highest BCUT2D eigenvalue weighted by molar-refractivity contribution is 9.10. The molecule has 18 heavy (non-hydrogen) atoms. The van der Waals surface area contributed by atoms with E-state index >= 15 is 0 Å². The molecule has 0 radical (unpaired) electrons. The second-order valence-electron chi connectivity index (χ2n) is 3.23. The lowest BCUT2D eigenvalue weighted by molar-refractivity contribution is 0.0481. The molecule has 7 heteroatoms. The van der Waals surface area contributed by atoms with Crippen LogP contribution >= 0.6 is 27.5 Å². The van der Waals surface area contributed by atoms with Crippen molar-refractivity contribution in [1.82, 2.24) is 10.2 Å². The second kappa shape index (κ2) is 5.49. The summed E-state index contributed by atoms with van der Waals surface area (Å²) in [4.78, 5) is 11.4. The number of hydrogen-bond acceptors (Lipinski definition) is 5. The topological polar surface area (TPSA) is 65.2 Å². The van der Waals surface area contributed by atoms with Gasteiger partial charge < -0.3 is 9.15 Å². The summed E-state index contributed by atoms with van der Waals surface area (Å²) in [6.45, 7) is 1.94. The molecule has 94 valence electrons. The van der Waals surface area contributed by atoms with Gasteiger partial charge in [-0.05, 0) is 35.0 Å². The van der Waals surface area contributed by atoms with Crippen LogP contribution in [0.15, 0.2) is 27.1 Å². The molecule has 1 aromatic heterocycles. The van der Waals surface area contributed by atoms with E-state index in [4.69, 9.17) is 20.8 Å². The van der Waals surface area contributed by atoms with Gasteiger partial charge in [0.05, 0.1) is 17.2 Å². The van der Waals surface area contributed by atoms with E-state index in [1.807, 2.05) is 0 Å². The molecule has 0 saturated carbocycles. The van der Waals surface area contributed by atoms with Crippen molar-refractivity contribution >= 4 is 33.5 Å². The number of rotatable bonds is 3. The third-order valence-corrected chi connectivity index (χ3v) is 3.35. The van der Waals surface area contributed by atoms with E-state index in [1.54, 1.807) is 25.1 Å². The molecule has 2 aromatic rings. The van der Waals surface area contributed by atoms with Gasteiger partial charge in [0, 0.05) is 4.47 Å². The van der Waals surface area contributed by atoms with Gasteiger partial charge in [-0.1, -0.05) is 17.7 Å². The van der Waals surface area contributed by atoms with Crippen LogP contribution in [-0.4, -0.2) is 22.8 Å². The summed E-state index contributed by atoms with van der Waals surface area (Å²) in [6.07, 6.45) is 0. The number of nitrogens with zero attached hydrogens (tertiary/aromatic N) is 2. The quantitative estimate of drug-likeness (QED) is 0.807. The van der Waals surface area contributed by atoms with E-state index in [2.05, 4.69) is 26.1 Å². The molecule has 1 heterocycles. The molecule has 0 atom stereocenters. The van der Waals surface area contributed by atoms with Crippen LogP contribution in [0.1, 0.15) is 17.6 Å². The monoisotopic (exact) mass is 330 g/mol. The first-order valence-electron chi connectivity index (χ1n) is 5.08. The summed E-state index contributed by atoms with van der Waals surface area (Å²) < 4.78 is 10.7. The third-order valence-electron chi connectivity index (χ3n) is 2.06.